The molecule has 0 heterocycles. The van der Waals surface area contributed by atoms with Crippen molar-refractivity contribution in [2.24, 2.45) is 5.92 Å². The average molecular weight is 415 g/mol. The quantitative estimate of drug-likeness (QED) is 0.284. The Balaban J connectivity index is 1.32. The Hall–Kier alpha value is -1.82. The first-order valence-electron chi connectivity index (χ1n) is 13.1. The van der Waals surface area contributed by atoms with Crippen molar-refractivity contribution >= 4 is 0 Å². The van der Waals surface area contributed by atoms with Gasteiger partial charge in [-0.15, -0.1) is 6.58 Å². The van der Waals surface area contributed by atoms with Crippen molar-refractivity contribution in [2.75, 3.05) is 0 Å². The third-order valence-corrected chi connectivity index (χ3v) is 8.07. The van der Waals surface area contributed by atoms with Crippen molar-refractivity contribution in [2.45, 2.75) is 102 Å². The Kier molecular flexibility index (Phi) is 8.06. The lowest BCUT2D eigenvalue weighted by atomic mass is 9.76. The molecule has 1 atom stereocenters. The van der Waals surface area contributed by atoms with Crippen molar-refractivity contribution in [3.8, 4) is 0 Å². The van der Waals surface area contributed by atoms with Gasteiger partial charge in [-0.1, -0.05) is 68.3 Å². The van der Waals surface area contributed by atoms with E-state index >= 15 is 0 Å². The summed E-state index contributed by atoms with van der Waals surface area (Å²) in [5.41, 5.74) is 7.90. The SMILES string of the molecule is C=CCCC1CCC(c2ccc(C3CCc4cc(CCCCC)ccc4C3)cc2)CC1. The molecule has 1 unspecified atom stereocenters. The minimum absolute atomic E-state index is 0.696. The summed E-state index contributed by atoms with van der Waals surface area (Å²) in [7, 11) is 0. The Morgan fingerprint density at radius 3 is 2.29 bits per heavy atom. The van der Waals surface area contributed by atoms with Gasteiger partial charge in [0.05, 0.1) is 0 Å². The lowest BCUT2D eigenvalue weighted by Gasteiger charge is -2.29. The van der Waals surface area contributed by atoms with Gasteiger partial charge in [-0.25, -0.2) is 0 Å². The summed E-state index contributed by atoms with van der Waals surface area (Å²) in [6, 6.07) is 17.2. The first-order valence-corrected chi connectivity index (χ1v) is 13.1. The normalized spacial score (nSPS) is 23.3. The van der Waals surface area contributed by atoms with Gasteiger partial charge in [0.15, 0.2) is 0 Å². The monoisotopic (exact) mass is 414 g/mol. The van der Waals surface area contributed by atoms with Gasteiger partial charge in [0.1, 0.15) is 0 Å². The van der Waals surface area contributed by atoms with E-state index < -0.39 is 0 Å². The highest BCUT2D eigenvalue weighted by atomic mass is 14.3. The molecule has 0 bridgehead atoms. The lowest BCUT2D eigenvalue weighted by molar-refractivity contribution is 0.312. The zero-order valence-corrected chi connectivity index (χ0v) is 19.8. The standard InChI is InChI=1S/C31H42/c1-3-5-7-9-25-12-15-31-23-30(21-20-29(31)22-25)28-18-16-27(17-19-28)26-13-10-24(11-14-26)8-6-4-2/h4,12,15-19,22,24,26,30H,2-3,5-11,13-14,20-21,23H2,1H3. The summed E-state index contributed by atoms with van der Waals surface area (Å²) in [4.78, 5) is 0. The van der Waals surface area contributed by atoms with E-state index in [2.05, 4.69) is 62.0 Å². The van der Waals surface area contributed by atoms with Gasteiger partial charge < -0.3 is 0 Å². The van der Waals surface area contributed by atoms with E-state index in [9.17, 15) is 0 Å². The van der Waals surface area contributed by atoms with Gasteiger partial charge in [0, 0.05) is 0 Å². The molecular weight excluding hydrogens is 372 g/mol. The van der Waals surface area contributed by atoms with Crippen molar-refractivity contribution < 1.29 is 0 Å². The summed E-state index contributed by atoms with van der Waals surface area (Å²) in [5.74, 6) is 2.41. The van der Waals surface area contributed by atoms with E-state index in [0.717, 1.165) is 11.8 Å². The van der Waals surface area contributed by atoms with Crippen molar-refractivity contribution in [1.29, 1.82) is 0 Å². The topological polar surface area (TPSA) is 0 Å². The van der Waals surface area contributed by atoms with Crippen LogP contribution in [0, 0.1) is 5.92 Å². The van der Waals surface area contributed by atoms with Crippen LogP contribution in [0.25, 0.3) is 0 Å². The molecular formula is C31H42. The van der Waals surface area contributed by atoms with Crippen LogP contribution in [0.3, 0.4) is 0 Å². The zero-order valence-electron chi connectivity index (χ0n) is 19.8. The second kappa shape index (κ2) is 11.2. The zero-order chi connectivity index (χ0) is 21.5. The fourth-order valence-corrected chi connectivity index (χ4v) is 6.01. The van der Waals surface area contributed by atoms with Gasteiger partial charge in [0.2, 0.25) is 0 Å². The number of benzene rings is 2. The first kappa shape index (κ1) is 22.4. The van der Waals surface area contributed by atoms with Crippen LogP contribution >= 0.6 is 0 Å². The summed E-state index contributed by atoms with van der Waals surface area (Å²) >= 11 is 0. The maximum absolute atomic E-state index is 3.88. The Morgan fingerprint density at radius 2 is 1.58 bits per heavy atom. The predicted octanol–water partition coefficient (Wildman–Crippen LogP) is 8.93. The largest absolute Gasteiger partial charge is 0.103 e. The Labute approximate surface area is 191 Å². The van der Waals surface area contributed by atoms with Crippen LogP contribution in [0.2, 0.25) is 0 Å². The van der Waals surface area contributed by atoms with E-state index in [1.165, 1.54) is 83.5 Å². The summed E-state index contributed by atoms with van der Waals surface area (Å²) in [5, 5.41) is 0. The van der Waals surface area contributed by atoms with E-state index in [1.54, 1.807) is 27.8 Å². The molecule has 2 aromatic carbocycles. The van der Waals surface area contributed by atoms with Crippen LogP contribution in [0.5, 0.6) is 0 Å². The van der Waals surface area contributed by atoms with E-state index in [-0.39, 0.29) is 0 Å². The molecule has 0 aromatic heterocycles. The summed E-state index contributed by atoms with van der Waals surface area (Å²) in [6.45, 7) is 6.17. The second-order valence-corrected chi connectivity index (χ2v) is 10.3. The number of rotatable bonds is 9. The molecule has 0 nitrogen and oxygen atoms in total. The smallest absolute Gasteiger partial charge is 0.0118 e. The predicted molar refractivity (Wildman–Crippen MR) is 135 cm³/mol. The fraction of sp³-hybridized carbons (Fsp3) is 0.548. The van der Waals surface area contributed by atoms with Crippen molar-refractivity contribution in [1.82, 2.24) is 0 Å². The molecule has 0 heteroatoms. The second-order valence-electron chi connectivity index (χ2n) is 10.3. The molecule has 0 spiro atoms. The molecule has 0 amide bonds. The maximum Gasteiger partial charge on any atom is -0.0118 e. The van der Waals surface area contributed by atoms with Crippen LogP contribution < -0.4 is 0 Å². The Bertz CT molecular complexity index is 820. The lowest BCUT2D eigenvalue weighted by Crippen LogP contribution is -2.14. The fourth-order valence-electron chi connectivity index (χ4n) is 6.01. The van der Waals surface area contributed by atoms with Crippen LogP contribution in [0.1, 0.15) is 111 Å². The van der Waals surface area contributed by atoms with Gasteiger partial charge in [0.25, 0.3) is 0 Å². The molecule has 166 valence electrons. The van der Waals surface area contributed by atoms with E-state index in [4.69, 9.17) is 0 Å². The van der Waals surface area contributed by atoms with Crippen LogP contribution in [-0.2, 0) is 19.3 Å². The van der Waals surface area contributed by atoms with Gasteiger partial charge >= 0.3 is 0 Å². The third-order valence-electron chi connectivity index (χ3n) is 8.07. The minimum atomic E-state index is 0.696. The molecule has 0 aliphatic heterocycles. The van der Waals surface area contributed by atoms with Crippen LogP contribution in [0.4, 0.5) is 0 Å². The highest BCUT2D eigenvalue weighted by molar-refractivity contribution is 5.38. The average Bonchev–Trinajstić information content (AvgIpc) is 2.83. The number of aryl methyl sites for hydroxylation is 2. The van der Waals surface area contributed by atoms with Gasteiger partial charge in [-0.05, 0) is 116 Å². The molecule has 0 saturated heterocycles. The van der Waals surface area contributed by atoms with Crippen molar-refractivity contribution in [3.63, 3.8) is 0 Å². The van der Waals surface area contributed by atoms with Gasteiger partial charge in [-0.3, -0.25) is 0 Å². The minimum Gasteiger partial charge on any atom is -0.103 e. The maximum atomic E-state index is 3.88. The molecule has 2 aliphatic rings. The summed E-state index contributed by atoms with van der Waals surface area (Å²) in [6.07, 6.45) is 19.2. The third kappa shape index (κ3) is 5.91. The first-order chi connectivity index (χ1) is 15.3. The van der Waals surface area contributed by atoms with Crippen molar-refractivity contribution in [3.05, 3.63) is 82.9 Å². The Morgan fingerprint density at radius 1 is 0.839 bits per heavy atom. The molecule has 2 aromatic rings. The number of hydrogen-bond donors (Lipinski definition) is 0. The number of fused-ring (bicyclic) bond motifs is 1. The molecule has 0 radical (unpaired) electrons. The molecule has 4 rings (SSSR count). The van der Waals surface area contributed by atoms with E-state index in [1.807, 2.05) is 0 Å². The van der Waals surface area contributed by atoms with Gasteiger partial charge in [-0.2, -0.15) is 0 Å². The van der Waals surface area contributed by atoms with Crippen LogP contribution in [0.15, 0.2) is 55.1 Å². The number of hydrogen-bond acceptors (Lipinski definition) is 0. The number of allylic oxidation sites excluding steroid dienone is 1. The molecule has 0 N–H and O–H groups in total. The molecule has 1 fully saturated rings. The molecule has 31 heavy (non-hydrogen) atoms. The van der Waals surface area contributed by atoms with Crippen LogP contribution in [-0.4, -0.2) is 0 Å². The summed E-state index contributed by atoms with van der Waals surface area (Å²) < 4.78 is 0. The molecule has 2 aliphatic carbocycles. The highest BCUT2D eigenvalue weighted by Gasteiger charge is 2.23. The van der Waals surface area contributed by atoms with E-state index in [0.29, 0.717) is 5.92 Å². The highest BCUT2D eigenvalue weighted by Crippen LogP contribution is 2.39. The molecule has 1 saturated carbocycles. The number of unbranched alkanes of at least 4 members (excludes halogenated alkanes) is 2.